The van der Waals surface area contributed by atoms with Crippen molar-refractivity contribution in [1.29, 1.82) is 0 Å². The summed E-state index contributed by atoms with van der Waals surface area (Å²) >= 11 is 6.10. The van der Waals surface area contributed by atoms with Crippen LogP contribution in [0, 0.1) is 0 Å². The fourth-order valence-corrected chi connectivity index (χ4v) is 3.23. The number of nitrogens with zero attached hydrogens (tertiary/aromatic N) is 3. The zero-order valence-corrected chi connectivity index (χ0v) is 19.3. The van der Waals surface area contributed by atoms with Crippen molar-refractivity contribution in [2.45, 2.75) is 38.5 Å². The SMILES string of the molecule is Cn1nc(C(F)(F)F)c(C(=Nc2cccc(C(F)(F)F)c2)Oc2ccc(C(C)(C)C)cc2)c1Cl. The molecule has 3 rings (SSSR count). The van der Waals surface area contributed by atoms with Gasteiger partial charge in [-0.15, -0.1) is 0 Å². The second-order valence-electron chi connectivity index (χ2n) is 8.48. The van der Waals surface area contributed by atoms with Crippen LogP contribution in [0.25, 0.3) is 0 Å². The first-order chi connectivity index (χ1) is 15.6. The molecule has 4 nitrogen and oxygen atoms in total. The van der Waals surface area contributed by atoms with Crippen LogP contribution in [0.4, 0.5) is 32.0 Å². The number of aliphatic imine (C=N–C) groups is 1. The first-order valence-electron chi connectivity index (χ1n) is 9.92. The van der Waals surface area contributed by atoms with Gasteiger partial charge < -0.3 is 4.74 Å². The Bertz CT molecular complexity index is 1210. The number of hydrogen-bond acceptors (Lipinski definition) is 3. The Kier molecular flexibility index (Phi) is 6.76. The summed E-state index contributed by atoms with van der Waals surface area (Å²) in [5.41, 5.74) is -2.61. The van der Waals surface area contributed by atoms with E-state index in [1.165, 1.54) is 25.2 Å². The molecule has 0 aliphatic rings. The van der Waals surface area contributed by atoms with Gasteiger partial charge in [0.25, 0.3) is 0 Å². The molecule has 3 aromatic rings. The molecule has 0 unspecified atom stereocenters. The molecule has 2 aromatic carbocycles. The topological polar surface area (TPSA) is 39.4 Å². The third-order valence-corrected chi connectivity index (χ3v) is 5.23. The number of rotatable bonds is 3. The van der Waals surface area contributed by atoms with Crippen LogP contribution in [0.5, 0.6) is 5.75 Å². The van der Waals surface area contributed by atoms with Gasteiger partial charge in [0.15, 0.2) is 5.69 Å². The number of hydrogen-bond donors (Lipinski definition) is 0. The predicted molar refractivity (Wildman–Crippen MR) is 117 cm³/mol. The van der Waals surface area contributed by atoms with Crippen LogP contribution in [-0.4, -0.2) is 15.7 Å². The lowest BCUT2D eigenvalue weighted by molar-refractivity contribution is -0.141. The van der Waals surface area contributed by atoms with E-state index in [2.05, 4.69) is 10.1 Å². The van der Waals surface area contributed by atoms with Gasteiger partial charge in [0.2, 0.25) is 5.90 Å². The summed E-state index contributed by atoms with van der Waals surface area (Å²) in [7, 11) is 1.20. The van der Waals surface area contributed by atoms with Gasteiger partial charge in [-0.2, -0.15) is 31.4 Å². The second kappa shape index (κ2) is 8.98. The Balaban J connectivity index is 2.17. The first kappa shape index (κ1) is 25.6. The highest BCUT2D eigenvalue weighted by atomic mass is 35.5. The smallest absolute Gasteiger partial charge is 0.436 e. The van der Waals surface area contributed by atoms with Crippen molar-refractivity contribution in [3.63, 3.8) is 0 Å². The van der Waals surface area contributed by atoms with Crippen LogP contribution < -0.4 is 4.74 Å². The van der Waals surface area contributed by atoms with Crippen LogP contribution in [0.3, 0.4) is 0 Å². The van der Waals surface area contributed by atoms with Crippen molar-refractivity contribution in [2.75, 3.05) is 0 Å². The van der Waals surface area contributed by atoms with Gasteiger partial charge in [0.05, 0.1) is 11.3 Å². The van der Waals surface area contributed by atoms with Gasteiger partial charge in [0, 0.05) is 7.05 Å². The Morgan fingerprint density at radius 1 is 0.912 bits per heavy atom. The average molecular weight is 504 g/mol. The minimum atomic E-state index is -4.92. The molecule has 34 heavy (non-hydrogen) atoms. The van der Waals surface area contributed by atoms with Crippen molar-refractivity contribution in [1.82, 2.24) is 9.78 Å². The molecule has 1 aromatic heterocycles. The Labute approximate surface area is 196 Å². The van der Waals surface area contributed by atoms with Gasteiger partial charge in [-0.05, 0) is 41.3 Å². The van der Waals surface area contributed by atoms with Crippen molar-refractivity contribution in [3.05, 3.63) is 76.1 Å². The number of halogens is 7. The fraction of sp³-hybridized carbons (Fsp3) is 0.304. The minimum Gasteiger partial charge on any atom is -0.438 e. The predicted octanol–water partition coefficient (Wildman–Crippen LogP) is 7.57. The van der Waals surface area contributed by atoms with Crippen LogP contribution >= 0.6 is 11.6 Å². The maximum atomic E-state index is 13.7. The number of benzene rings is 2. The quantitative estimate of drug-likeness (QED) is 0.210. The molecule has 0 aliphatic carbocycles. The standard InChI is InChI=1S/C23H20ClF6N3O/c1-21(2,3)13-8-10-16(11-9-13)34-20(17-18(23(28,29)30)32-33(4)19(17)24)31-15-7-5-6-14(12-15)22(25,26)27/h5-12H,1-4H3. The van der Waals surface area contributed by atoms with Crippen LogP contribution in [0.1, 0.15) is 43.2 Å². The van der Waals surface area contributed by atoms with E-state index in [0.717, 1.165) is 22.4 Å². The lowest BCUT2D eigenvalue weighted by Gasteiger charge is -2.19. The van der Waals surface area contributed by atoms with E-state index in [9.17, 15) is 26.3 Å². The maximum absolute atomic E-state index is 13.7. The van der Waals surface area contributed by atoms with Crippen LogP contribution in [-0.2, 0) is 24.8 Å². The summed E-state index contributed by atoms with van der Waals surface area (Å²) < 4.78 is 86.9. The number of aromatic nitrogens is 2. The third kappa shape index (κ3) is 5.72. The normalized spacial score (nSPS) is 13.3. The molecule has 0 atom stereocenters. The molecule has 0 bridgehead atoms. The molecule has 0 N–H and O–H groups in total. The minimum absolute atomic E-state index is 0.117. The summed E-state index contributed by atoms with van der Waals surface area (Å²) in [5.74, 6) is -0.528. The Morgan fingerprint density at radius 2 is 1.53 bits per heavy atom. The van der Waals surface area contributed by atoms with E-state index in [4.69, 9.17) is 16.3 Å². The van der Waals surface area contributed by atoms with Crippen molar-refractivity contribution >= 4 is 23.2 Å². The van der Waals surface area contributed by atoms with Crippen molar-refractivity contribution < 1.29 is 31.1 Å². The molecule has 11 heteroatoms. The zero-order chi connectivity index (χ0) is 25.5. The largest absolute Gasteiger partial charge is 0.438 e. The molecular formula is C23H20ClF6N3O. The second-order valence-corrected chi connectivity index (χ2v) is 8.84. The average Bonchev–Trinajstić information content (AvgIpc) is 3.02. The molecule has 0 fully saturated rings. The third-order valence-electron chi connectivity index (χ3n) is 4.80. The molecular weight excluding hydrogens is 484 g/mol. The van der Waals surface area contributed by atoms with E-state index in [0.29, 0.717) is 6.07 Å². The molecule has 182 valence electrons. The lowest BCUT2D eigenvalue weighted by atomic mass is 9.87. The number of aryl methyl sites for hydroxylation is 1. The fourth-order valence-electron chi connectivity index (χ4n) is 3.02. The van der Waals surface area contributed by atoms with Crippen molar-refractivity contribution in [3.8, 4) is 5.75 Å². The van der Waals surface area contributed by atoms with E-state index in [-0.39, 0.29) is 16.9 Å². The number of ether oxygens (including phenoxy) is 1. The van der Waals surface area contributed by atoms with Gasteiger partial charge in [-0.25, -0.2) is 4.99 Å². The van der Waals surface area contributed by atoms with Gasteiger partial charge in [0.1, 0.15) is 16.5 Å². The van der Waals surface area contributed by atoms with Crippen LogP contribution in [0.15, 0.2) is 53.5 Å². The summed E-state index contributed by atoms with van der Waals surface area (Å²) in [6.45, 7) is 5.94. The summed E-state index contributed by atoms with van der Waals surface area (Å²) in [5, 5.41) is 2.97. The monoisotopic (exact) mass is 503 g/mol. The molecule has 0 spiro atoms. The number of alkyl halides is 6. The highest BCUT2D eigenvalue weighted by molar-refractivity contribution is 6.33. The van der Waals surface area contributed by atoms with Gasteiger partial charge >= 0.3 is 12.4 Å². The molecule has 0 aliphatic heterocycles. The van der Waals surface area contributed by atoms with Crippen LogP contribution in [0.2, 0.25) is 5.15 Å². The molecule has 0 saturated carbocycles. The Hall–Kier alpha value is -3.01. The Morgan fingerprint density at radius 3 is 2.06 bits per heavy atom. The van der Waals surface area contributed by atoms with E-state index < -0.39 is 40.2 Å². The van der Waals surface area contributed by atoms with E-state index in [1.807, 2.05) is 20.8 Å². The molecule has 0 amide bonds. The molecule has 0 radical (unpaired) electrons. The van der Waals surface area contributed by atoms with E-state index in [1.54, 1.807) is 12.1 Å². The summed E-state index contributed by atoms with van der Waals surface area (Å²) in [4.78, 5) is 3.97. The highest BCUT2D eigenvalue weighted by Gasteiger charge is 2.41. The zero-order valence-electron chi connectivity index (χ0n) is 18.5. The van der Waals surface area contributed by atoms with Gasteiger partial charge in [-0.1, -0.05) is 50.6 Å². The van der Waals surface area contributed by atoms with Gasteiger partial charge in [-0.3, -0.25) is 4.68 Å². The first-order valence-corrected chi connectivity index (χ1v) is 10.3. The van der Waals surface area contributed by atoms with E-state index >= 15 is 0 Å². The lowest BCUT2D eigenvalue weighted by Crippen LogP contribution is -2.18. The highest BCUT2D eigenvalue weighted by Crippen LogP contribution is 2.37. The molecule has 1 heterocycles. The summed E-state index contributed by atoms with van der Waals surface area (Å²) in [6, 6.07) is 10.3. The maximum Gasteiger partial charge on any atom is 0.436 e. The van der Waals surface area contributed by atoms with Crippen molar-refractivity contribution in [2.24, 2.45) is 12.0 Å². The summed E-state index contributed by atoms with van der Waals surface area (Å²) in [6.07, 6.45) is -9.59. The molecule has 0 saturated heterocycles.